The first-order chi connectivity index (χ1) is 12.4. The molecule has 2 heterocycles. The lowest BCUT2D eigenvalue weighted by Gasteiger charge is -2.60. The van der Waals surface area contributed by atoms with E-state index in [9.17, 15) is 19.8 Å². The summed E-state index contributed by atoms with van der Waals surface area (Å²) in [6, 6.07) is 0. The zero-order chi connectivity index (χ0) is 20.4. The minimum atomic E-state index is -1.07. The predicted molar refractivity (Wildman–Crippen MR) is 98.6 cm³/mol. The summed E-state index contributed by atoms with van der Waals surface area (Å²) in [5.41, 5.74) is -2.19. The topological polar surface area (TPSA) is 93.1 Å². The number of Topliss-reactive ketones (excluding diaryl/α,β-unsaturated/α-hetero) is 1. The molecule has 0 bridgehead atoms. The van der Waals surface area contributed by atoms with Crippen molar-refractivity contribution >= 4 is 11.8 Å². The fourth-order valence-corrected chi connectivity index (χ4v) is 5.35. The van der Waals surface area contributed by atoms with E-state index in [0.29, 0.717) is 18.4 Å². The van der Waals surface area contributed by atoms with Crippen LogP contribution in [0.15, 0.2) is 24.2 Å². The normalized spacial score (nSPS) is 41.8. The van der Waals surface area contributed by atoms with Crippen LogP contribution in [-0.4, -0.2) is 39.8 Å². The predicted octanol–water partition coefficient (Wildman–Crippen LogP) is 3.06. The van der Waals surface area contributed by atoms with E-state index in [1.807, 2.05) is 20.8 Å². The van der Waals surface area contributed by atoms with Crippen molar-refractivity contribution in [1.29, 1.82) is 0 Å². The lowest BCUT2D eigenvalue weighted by molar-refractivity contribution is -0.237. The highest BCUT2D eigenvalue weighted by molar-refractivity contribution is 5.96. The second kappa shape index (κ2) is 6.09. The summed E-state index contributed by atoms with van der Waals surface area (Å²) in [7, 11) is 0. The van der Waals surface area contributed by atoms with Crippen molar-refractivity contribution in [3.63, 3.8) is 0 Å². The van der Waals surface area contributed by atoms with Gasteiger partial charge in [-0.3, -0.25) is 9.59 Å². The first-order valence-electron chi connectivity index (χ1n) is 9.55. The van der Waals surface area contributed by atoms with Crippen molar-refractivity contribution in [2.24, 2.45) is 22.7 Å². The Morgan fingerprint density at radius 2 is 1.96 bits per heavy atom. The van der Waals surface area contributed by atoms with E-state index in [2.05, 4.69) is 6.58 Å². The van der Waals surface area contributed by atoms with Crippen LogP contribution in [0.5, 0.6) is 0 Å². The van der Waals surface area contributed by atoms with Crippen LogP contribution in [0.4, 0.5) is 0 Å². The Morgan fingerprint density at radius 3 is 2.52 bits per heavy atom. The average Bonchev–Trinajstić information content (AvgIpc) is 2.56. The number of aliphatic hydroxyl groups is 1. The van der Waals surface area contributed by atoms with Gasteiger partial charge in [0.15, 0.2) is 5.78 Å². The van der Waals surface area contributed by atoms with Gasteiger partial charge < -0.3 is 19.7 Å². The Hall–Kier alpha value is -1.82. The minimum absolute atomic E-state index is 0.00804. The number of carbonyl (C=O) groups is 2. The Balaban J connectivity index is 2.11. The van der Waals surface area contributed by atoms with Crippen LogP contribution in [-0.2, 0) is 19.1 Å². The monoisotopic (exact) mass is 378 g/mol. The van der Waals surface area contributed by atoms with Crippen LogP contribution in [0.1, 0.15) is 53.9 Å². The zero-order valence-electron chi connectivity index (χ0n) is 16.7. The fraction of sp³-hybridized carbons (Fsp3) is 0.714. The van der Waals surface area contributed by atoms with Crippen molar-refractivity contribution in [3.05, 3.63) is 24.2 Å². The molecule has 1 saturated carbocycles. The third-order valence-electron chi connectivity index (χ3n) is 7.26. The maximum atomic E-state index is 12.6. The van der Waals surface area contributed by atoms with Crippen molar-refractivity contribution in [3.8, 4) is 0 Å². The van der Waals surface area contributed by atoms with Crippen molar-refractivity contribution in [2.75, 3.05) is 0 Å². The molecule has 0 unspecified atom stereocenters. The number of rotatable bonds is 3. The number of carbonyl (C=O) groups excluding carboxylic acids is 1. The average molecular weight is 378 g/mol. The fourth-order valence-electron chi connectivity index (χ4n) is 5.35. The summed E-state index contributed by atoms with van der Waals surface area (Å²) in [5.74, 6) is -1.36. The van der Waals surface area contributed by atoms with E-state index in [-0.39, 0.29) is 36.1 Å². The Bertz CT molecular complexity index is 722. The smallest absolute Gasteiger partial charge is 0.309 e. The van der Waals surface area contributed by atoms with Gasteiger partial charge in [0.05, 0.1) is 17.1 Å². The molecule has 0 saturated heterocycles. The molecule has 2 N–H and O–H groups in total. The number of ether oxygens (including phenoxy) is 2. The molecule has 0 aromatic rings. The number of ketones is 1. The first-order valence-corrected chi connectivity index (χ1v) is 9.55. The van der Waals surface area contributed by atoms with Gasteiger partial charge in [0.25, 0.3) is 5.95 Å². The van der Waals surface area contributed by atoms with E-state index in [1.165, 1.54) is 0 Å². The molecule has 27 heavy (non-hydrogen) atoms. The van der Waals surface area contributed by atoms with Gasteiger partial charge in [0.2, 0.25) is 0 Å². The summed E-state index contributed by atoms with van der Waals surface area (Å²) < 4.78 is 11.9. The number of carboxylic acid groups (broad SMARTS) is 1. The number of hydrogen-bond acceptors (Lipinski definition) is 5. The summed E-state index contributed by atoms with van der Waals surface area (Å²) in [5, 5.41) is 20.8. The molecular weight excluding hydrogens is 348 g/mol. The third-order valence-corrected chi connectivity index (χ3v) is 7.26. The van der Waals surface area contributed by atoms with E-state index >= 15 is 0 Å². The van der Waals surface area contributed by atoms with Crippen LogP contribution in [0.25, 0.3) is 0 Å². The number of aliphatic carboxylic acids is 1. The molecular formula is C21H30O6. The molecule has 3 aliphatic rings. The van der Waals surface area contributed by atoms with Crippen LogP contribution < -0.4 is 0 Å². The number of aliphatic hydroxyl groups excluding tert-OH is 1. The minimum Gasteiger partial charge on any atom is -0.481 e. The van der Waals surface area contributed by atoms with Gasteiger partial charge in [-0.25, -0.2) is 0 Å². The van der Waals surface area contributed by atoms with E-state index in [1.54, 1.807) is 19.9 Å². The summed E-state index contributed by atoms with van der Waals surface area (Å²) >= 11 is 0. The Morgan fingerprint density at radius 1 is 1.33 bits per heavy atom. The largest absolute Gasteiger partial charge is 0.481 e. The van der Waals surface area contributed by atoms with Gasteiger partial charge in [0.1, 0.15) is 11.7 Å². The number of hydrogen-bond donors (Lipinski definition) is 2. The lowest BCUT2D eigenvalue weighted by Crippen LogP contribution is -2.65. The van der Waals surface area contributed by atoms with Crippen molar-refractivity contribution < 1.29 is 29.3 Å². The molecule has 0 amide bonds. The molecule has 150 valence electrons. The summed E-state index contributed by atoms with van der Waals surface area (Å²) in [6.45, 7) is 13.0. The van der Waals surface area contributed by atoms with Crippen LogP contribution in [0, 0.1) is 22.7 Å². The van der Waals surface area contributed by atoms with Crippen LogP contribution in [0.2, 0.25) is 0 Å². The van der Waals surface area contributed by atoms with Gasteiger partial charge in [-0.1, -0.05) is 13.0 Å². The number of carboxylic acids is 1. The lowest BCUT2D eigenvalue weighted by atomic mass is 9.48. The maximum Gasteiger partial charge on any atom is 0.309 e. The molecule has 6 heteroatoms. The highest BCUT2D eigenvalue weighted by Crippen LogP contribution is 2.61. The second-order valence-corrected chi connectivity index (χ2v) is 9.27. The van der Waals surface area contributed by atoms with Gasteiger partial charge in [0, 0.05) is 12.3 Å². The number of allylic oxidation sites excluding steroid dienone is 2. The second-order valence-electron chi connectivity index (χ2n) is 9.27. The Kier molecular flexibility index (Phi) is 4.50. The standard InChI is InChI=1S/C21H30O6/c1-7-20(5)14(19(3,4)18(24)25)10-16(23)21(6)15(20)9-12-13(22)8-11(2)26-17(12)27-21/h7,11,14-16,23H,1,8-10H2,2-6H3,(H,24,25)/t11-,14-,15-,16-,20+,21+/m0/s1. The van der Waals surface area contributed by atoms with Crippen LogP contribution in [0.3, 0.4) is 0 Å². The van der Waals surface area contributed by atoms with Crippen LogP contribution >= 0.6 is 0 Å². The van der Waals surface area contributed by atoms with Crippen molar-refractivity contribution in [2.45, 2.75) is 71.7 Å². The van der Waals surface area contributed by atoms with Gasteiger partial charge >= 0.3 is 5.97 Å². The molecule has 1 fully saturated rings. The number of fused-ring (bicyclic) bond motifs is 1. The zero-order valence-corrected chi connectivity index (χ0v) is 16.7. The molecule has 6 atom stereocenters. The SMILES string of the molecule is C=C[C@]1(C)[C@H](C(C)(C)C(=O)O)C[C@H](O)[C@]2(C)OC3=C(C[C@@H]12)C(=O)C[C@H](C)O3. The first kappa shape index (κ1) is 19.9. The van der Waals surface area contributed by atoms with Gasteiger partial charge in [-0.05, 0) is 51.9 Å². The van der Waals surface area contributed by atoms with Gasteiger partial charge in [-0.2, -0.15) is 0 Å². The third kappa shape index (κ3) is 2.72. The van der Waals surface area contributed by atoms with E-state index in [0.717, 1.165) is 0 Å². The highest BCUT2D eigenvalue weighted by atomic mass is 16.7. The summed E-state index contributed by atoms with van der Waals surface area (Å²) in [4.78, 5) is 24.5. The summed E-state index contributed by atoms with van der Waals surface area (Å²) in [6.07, 6.45) is 1.57. The Labute approximate surface area is 160 Å². The maximum absolute atomic E-state index is 12.6. The molecule has 0 aromatic heterocycles. The molecule has 1 aliphatic carbocycles. The molecule has 6 nitrogen and oxygen atoms in total. The molecule has 0 radical (unpaired) electrons. The van der Waals surface area contributed by atoms with Crippen molar-refractivity contribution in [1.82, 2.24) is 0 Å². The van der Waals surface area contributed by atoms with E-state index < -0.39 is 28.5 Å². The van der Waals surface area contributed by atoms with E-state index in [4.69, 9.17) is 9.47 Å². The highest BCUT2D eigenvalue weighted by Gasteiger charge is 2.64. The molecule has 2 aliphatic heterocycles. The van der Waals surface area contributed by atoms with Gasteiger partial charge in [-0.15, -0.1) is 6.58 Å². The molecule has 0 spiro atoms. The quantitative estimate of drug-likeness (QED) is 0.733. The molecule has 0 aromatic carbocycles. The molecule has 3 rings (SSSR count).